The lowest BCUT2D eigenvalue weighted by Gasteiger charge is -2.34. The van der Waals surface area contributed by atoms with Crippen LogP contribution in [0.2, 0.25) is 0 Å². The molecule has 2 amide bonds. The minimum atomic E-state index is -0.502. The lowest BCUT2D eigenvalue weighted by molar-refractivity contribution is -0.135. The Morgan fingerprint density at radius 1 is 1.24 bits per heavy atom. The summed E-state index contributed by atoms with van der Waals surface area (Å²) in [6.07, 6.45) is 2.27. The van der Waals surface area contributed by atoms with E-state index in [2.05, 4.69) is 19.2 Å². The van der Waals surface area contributed by atoms with Crippen LogP contribution in [0.1, 0.15) is 49.0 Å². The van der Waals surface area contributed by atoms with Gasteiger partial charge in [0.05, 0.1) is 0 Å². The fourth-order valence-electron chi connectivity index (χ4n) is 3.31. The van der Waals surface area contributed by atoms with Crippen molar-refractivity contribution in [2.45, 2.75) is 46.1 Å². The van der Waals surface area contributed by atoms with Gasteiger partial charge < -0.3 is 15.3 Å². The van der Waals surface area contributed by atoms with Gasteiger partial charge in [-0.2, -0.15) is 0 Å². The summed E-state index contributed by atoms with van der Waals surface area (Å²) in [7, 11) is 0. The molecule has 1 unspecified atom stereocenters. The number of carbonyl (C=O) groups excluding carboxylic acids is 2. The van der Waals surface area contributed by atoms with Gasteiger partial charge in [0.1, 0.15) is 6.04 Å². The highest BCUT2D eigenvalue weighted by molar-refractivity contribution is 5.98. The molecule has 1 aliphatic heterocycles. The van der Waals surface area contributed by atoms with Crippen LogP contribution < -0.4 is 5.32 Å². The first-order valence-corrected chi connectivity index (χ1v) is 9.18. The van der Waals surface area contributed by atoms with Crippen LogP contribution in [0.25, 0.3) is 0 Å². The zero-order valence-electron chi connectivity index (χ0n) is 15.5. The largest absolute Gasteiger partial charge is 0.396 e. The molecule has 0 aliphatic carbocycles. The highest BCUT2D eigenvalue weighted by Crippen LogP contribution is 2.19. The highest BCUT2D eigenvalue weighted by Gasteiger charge is 2.30. The van der Waals surface area contributed by atoms with Gasteiger partial charge in [0.15, 0.2) is 0 Å². The zero-order valence-corrected chi connectivity index (χ0v) is 15.5. The van der Waals surface area contributed by atoms with E-state index in [1.807, 2.05) is 30.0 Å². The Balaban J connectivity index is 2.06. The number of hydrogen-bond donors (Lipinski definition) is 2. The van der Waals surface area contributed by atoms with Crippen molar-refractivity contribution in [1.29, 1.82) is 0 Å². The molecule has 0 aromatic heterocycles. The second kappa shape index (κ2) is 8.99. The first-order chi connectivity index (χ1) is 11.9. The smallest absolute Gasteiger partial charge is 0.252 e. The molecule has 1 aromatic carbocycles. The molecule has 2 rings (SSSR count). The highest BCUT2D eigenvalue weighted by atomic mass is 16.3. The second-order valence-electron chi connectivity index (χ2n) is 7.42. The number of aliphatic hydroxyl groups excluding tert-OH is 1. The number of nitrogens with one attached hydrogen (secondary N) is 1. The summed E-state index contributed by atoms with van der Waals surface area (Å²) < 4.78 is 0. The Morgan fingerprint density at radius 2 is 1.88 bits per heavy atom. The molecule has 0 bridgehead atoms. The third kappa shape index (κ3) is 5.30. The second-order valence-corrected chi connectivity index (χ2v) is 7.42. The number of benzene rings is 1. The van der Waals surface area contributed by atoms with Crippen molar-refractivity contribution in [2.24, 2.45) is 11.8 Å². The van der Waals surface area contributed by atoms with E-state index in [1.165, 1.54) is 0 Å². The average molecular weight is 346 g/mol. The fraction of sp³-hybridized carbons (Fsp3) is 0.600. The molecule has 25 heavy (non-hydrogen) atoms. The summed E-state index contributed by atoms with van der Waals surface area (Å²) in [5.41, 5.74) is 1.52. The fourth-order valence-corrected chi connectivity index (χ4v) is 3.31. The third-order valence-corrected chi connectivity index (χ3v) is 4.88. The van der Waals surface area contributed by atoms with E-state index in [0.29, 0.717) is 31.0 Å². The molecule has 1 aromatic rings. The molecule has 0 saturated carbocycles. The monoisotopic (exact) mass is 346 g/mol. The van der Waals surface area contributed by atoms with Gasteiger partial charge in [0, 0.05) is 25.3 Å². The van der Waals surface area contributed by atoms with Crippen LogP contribution in [0.4, 0.5) is 0 Å². The van der Waals surface area contributed by atoms with Gasteiger partial charge in [-0.05, 0) is 49.7 Å². The summed E-state index contributed by atoms with van der Waals surface area (Å²) in [5.74, 6) is 0.393. The summed E-state index contributed by atoms with van der Waals surface area (Å²) >= 11 is 0. The lowest BCUT2D eigenvalue weighted by Crippen LogP contribution is -2.51. The summed E-state index contributed by atoms with van der Waals surface area (Å²) in [4.78, 5) is 27.4. The van der Waals surface area contributed by atoms with Crippen LogP contribution in [0.5, 0.6) is 0 Å². The van der Waals surface area contributed by atoms with Gasteiger partial charge in [-0.1, -0.05) is 32.0 Å². The van der Waals surface area contributed by atoms with Crippen molar-refractivity contribution in [1.82, 2.24) is 10.2 Å². The predicted molar refractivity (Wildman–Crippen MR) is 98.3 cm³/mol. The first-order valence-electron chi connectivity index (χ1n) is 9.18. The van der Waals surface area contributed by atoms with Crippen molar-refractivity contribution in [3.63, 3.8) is 0 Å². The summed E-state index contributed by atoms with van der Waals surface area (Å²) in [6, 6.07) is 6.91. The molecule has 5 nitrogen and oxygen atoms in total. The average Bonchev–Trinajstić information content (AvgIpc) is 2.60. The number of likely N-dealkylation sites (tertiary alicyclic amines) is 1. The van der Waals surface area contributed by atoms with Crippen LogP contribution in [-0.4, -0.2) is 47.6 Å². The van der Waals surface area contributed by atoms with Crippen LogP contribution in [0.3, 0.4) is 0 Å². The molecule has 1 saturated heterocycles. The molecular formula is C20H30N2O3. The maximum absolute atomic E-state index is 12.9. The quantitative estimate of drug-likeness (QED) is 0.831. The van der Waals surface area contributed by atoms with Crippen molar-refractivity contribution < 1.29 is 14.7 Å². The van der Waals surface area contributed by atoms with Crippen LogP contribution in [0, 0.1) is 18.8 Å². The SMILES string of the molecule is Cc1ccccc1C(=O)NC(CC(C)C)C(=O)N1CCC(CO)CC1. The number of aliphatic hydroxyl groups is 1. The van der Waals surface area contributed by atoms with E-state index in [0.717, 1.165) is 18.4 Å². The third-order valence-electron chi connectivity index (χ3n) is 4.88. The predicted octanol–water partition coefficient (Wildman–Crippen LogP) is 2.37. The number of hydrogen-bond acceptors (Lipinski definition) is 3. The minimum Gasteiger partial charge on any atom is -0.396 e. The Bertz CT molecular complexity index is 592. The Labute approximate surface area is 150 Å². The van der Waals surface area contributed by atoms with Gasteiger partial charge in [0.25, 0.3) is 5.91 Å². The standard InChI is InChI=1S/C20H30N2O3/c1-14(2)12-18(20(25)22-10-8-16(13-23)9-11-22)21-19(24)17-7-5-4-6-15(17)3/h4-7,14,16,18,23H,8-13H2,1-3H3,(H,21,24). The van der Waals surface area contributed by atoms with Crippen molar-refractivity contribution in [2.75, 3.05) is 19.7 Å². The van der Waals surface area contributed by atoms with Crippen LogP contribution in [0.15, 0.2) is 24.3 Å². The van der Waals surface area contributed by atoms with Gasteiger partial charge >= 0.3 is 0 Å². The first kappa shape index (κ1) is 19.4. The number of piperidine rings is 1. The van der Waals surface area contributed by atoms with E-state index in [-0.39, 0.29) is 24.3 Å². The number of rotatable bonds is 6. The van der Waals surface area contributed by atoms with Gasteiger partial charge in [-0.25, -0.2) is 0 Å². The Hall–Kier alpha value is -1.88. The van der Waals surface area contributed by atoms with E-state index >= 15 is 0 Å². The number of nitrogens with zero attached hydrogens (tertiary/aromatic N) is 1. The maximum atomic E-state index is 12.9. The van der Waals surface area contributed by atoms with Crippen LogP contribution >= 0.6 is 0 Å². The van der Waals surface area contributed by atoms with Crippen molar-refractivity contribution in [3.8, 4) is 0 Å². The normalized spacial score (nSPS) is 16.8. The summed E-state index contributed by atoms with van der Waals surface area (Å²) in [5, 5.41) is 12.2. The van der Waals surface area contributed by atoms with Crippen molar-refractivity contribution in [3.05, 3.63) is 35.4 Å². The van der Waals surface area contributed by atoms with Gasteiger partial charge in [-0.3, -0.25) is 9.59 Å². The molecule has 5 heteroatoms. The molecule has 1 aliphatic rings. The Kier molecular flexibility index (Phi) is 7.00. The zero-order chi connectivity index (χ0) is 18.4. The minimum absolute atomic E-state index is 0.00739. The number of aryl methyl sites for hydroxylation is 1. The Morgan fingerprint density at radius 3 is 2.44 bits per heavy atom. The maximum Gasteiger partial charge on any atom is 0.252 e. The number of carbonyl (C=O) groups is 2. The molecule has 1 atom stereocenters. The van der Waals surface area contributed by atoms with Crippen molar-refractivity contribution >= 4 is 11.8 Å². The molecule has 2 N–H and O–H groups in total. The summed E-state index contributed by atoms with van der Waals surface area (Å²) in [6.45, 7) is 7.49. The topological polar surface area (TPSA) is 69.6 Å². The molecule has 138 valence electrons. The molecular weight excluding hydrogens is 316 g/mol. The number of amides is 2. The molecule has 0 spiro atoms. The van der Waals surface area contributed by atoms with E-state index < -0.39 is 6.04 Å². The molecule has 0 radical (unpaired) electrons. The van der Waals surface area contributed by atoms with E-state index in [4.69, 9.17) is 0 Å². The molecule has 1 heterocycles. The van der Waals surface area contributed by atoms with Crippen LogP contribution in [-0.2, 0) is 4.79 Å². The van der Waals surface area contributed by atoms with E-state index in [9.17, 15) is 14.7 Å². The van der Waals surface area contributed by atoms with Gasteiger partial charge in [0.2, 0.25) is 5.91 Å². The van der Waals surface area contributed by atoms with Gasteiger partial charge in [-0.15, -0.1) is 0 Å². The van der Waals surface area contributed by atoms with E-state index in [1.54, 1.807) is 6.07 Å². The molecule has 1 fully saturated rings. The lowest BCUT2D eigenvalue weighted by atomic mass is 9.96.